The van der Waals surface area contributed by atoms with E-state index in [1.807, 2.05) is 38.3 Å². The predicted octanol–water partition coefficient (Wildman–Crippen LogP) is 2.81. The number of thiophene rings is 1. The van der Waals surface area contributed by atoms with E-state index in [1.165, 1.54) is 0 Å². The van der Waals surface area contributed by atoms with Crippen LogP contribution in [0.1, 0.15) is 25.6 Å². The van der Waals surface area contributed by atoms with Crippen molar-refractivity contribution in [3.8, 4) is 0 Å². The number of carbonyl (C=O) groups is 1. The molecule has 0 aliphatic rings. The van der Waals surface area contributed by atoms with Gasteiger partial charge in [0.2, 0.25) is 5.91 Å². The number of rotatable bonds is 4. The van der Waals surface area contributed by atoms with E-state index >= 15 is 0 Å². The second-order valence-corrected chi connectivity index (χ2v) is 5.83. The summed E-state index contributed by atoms with van der Waals surface area (Å²) in [5.74, 6) is 0.0231. The van der Waals surface area contributed by atoms with Gasteiger partial charge in [-0.05, 0) is 32.2 Å². The molecule has 0 bridgehead atoms. The van der Waals surface area contributed by atoms with Crippen molar-refractivity contribution in [2.24, 2.45) is 0 Å². The van der Waals surface area contributed by atoms with Crippen molar-refractivity contribution < 1.29 is 4.79 Å². The molecule has 1 aromatic heterocycles. The fourth-order valence-electron chi connectivity index (χ4n) is 1.07. The fourth-order valence-corrected chi connectivity index (χ4v) is 1.83. The third-order valence-electron chi connectivity index (χ3n) is 2.37. The minimum atomic E-state index is -0.365. The van der Waals surface area contributed by atoms with Crippen LogP contribution in [-0.2, 0) is 11.2 Å². The lowest BCUT2D eigenvalue weighted by Gasteiger charge is -2.28. The monoisotopic (exact) mass is 245 g/mol. The van der Waals surface area contributed by atoms with E-state index in [4.69, 9.17) is 11.6 Å². The zero-order valence-electron chi connectivity index (χ0n) is 9.21. The Morgan fingerprint density at radius 3 is 2.80 bits per heavy atom. The summed E-state index contributed by atoms with van der Waals surface area (Å²) in [4.78, 5) is 12.7. The van der Waals surface area contributed by atoms with Gasteiger partial charge in [0, 0.05) is 4.88 Å². The van der Waals surface area contributed by atoms with E-state index in [9.17, 15) is 4.79 Å². The van der Waals surface area contributed by atoms with Crippen molar-refractivity contribution in [1.82, 2.24) is 5.32 Å². The van der Waals surface area contributed by atoms with E-state index in [0.717, 1.165) is 4.88 Å². The Morgan fingerprint density at radius 2 is 2.33 bits per heavy atom. The molecule has 1 heterocycles. The molecule has 1 rings (SSSR count). The third-order valence-corrected chi connectivity index (χ3v) is 3.79. The van der Waals surface area contributed by atoms with Crippen LogP contribution in [0.4, 0.5) is 0 Å². The molecule has 1 amide bonds. The molecule has 0 fully saturated rings. The van der Waals surface area contributed by atoms with Gasteiger partial charge in [0.15, 0.2) is 0 Å². The molecular formula is C11H16ClNOS. The molecule has 1 atom stereocenters. The quantitative estimate of drug-likeness (QED) is 0.813. The molecule has 4 heteroatoms. The Bertz CT molecular complexity index is 319. The SMILES string of the molecule is CC(Cl)C(C)(C)NC(=O)Cc1cccs1. The molecule has 0 aromatic carbocycles. The van der Waals surface area contributed by atoms with Crippen LogP contribution in [0.2, 0.25) is 0 Å². The van der Waals surface area contributed by atoms with Crippen molar-refractivity contribution in [2.75, 3.05) is 0 Å². The van der Waals surface area contributed by atoms with Crippen LogP contribution < -0.4 is 5.32 Å². The molecule has 0 radical (unpaired) electrons. The first-order valence-corrected chi connectivity index (χ1v) is 6.21. The van der Waals surface area contributed by atoms with Crippen LogP contribution in [0.5, 0.6) is 0 Å². The molecule has 1 N–H and O–H groups in total. The van der Waals surface area contributed by atoms with E-state index in [1.54, 1.807) is 11.3 Å². The van der Waals surface area contributed by atoms with Gasteiger partial charge in [-0.3, -0.25) is 4.79 Å². The summed E-state index contributed by atoms with van der Waals surface area (Å²) >= 11 is 7.58. The first-order valence-electron chi connectivity index (χ1n) is 4.89. The number of alkyl halides is 1. The van der Waals surface area contributed by atoms with Crippen LogP contribution in [0.25, 0.3) is 0 Å². The van der Waals surface area contributed by atoms with Gasteiger partial charge in [-0.2, -0.15) is 0 Å². The number of hydrogen-bond acceptors (Lipinski definition) is 2. The predicted molar refractivity (Wildman–Crippen MR) is 65.6 cm³/mol. The summed E-state index contributed by atoms with van der Waals surface area (Å²) in [7, 11) is 0. The summed E-state index contributed by atoms with van der Waals surface area (Å²) < 4.78 is 0. The molecule has 0 spiro atoms. The average molecular weight is 246 g/mol. The maximum absolute atomic E-state index is 11.7. The first-order chi connectivity index (χ1) is 6.92. The zero-order chi connectivity index (χ0) is 11.5. The van der Waals surface area contributed by atoms with Gasteiger partial charge in [0.25, 0.3) is 0 Å². The zero-order valence-corrected chi connectivity index (χ0v) is 10.8. The number of amides is 1. The lowest BCUT2D eigenvalue weighted by molar-refractivity contribution is -0.121. The normalized spacial score (nSPS) is 13.6. The highest BCUT2D eigenvalue weighted by molar-refractivity contribution is 7.10. The van der Waals surface area contributed by atoms with Gasteiger partial charge in [-0.15, -0.1) is 22.9 Å². The van der Waals surface area contributed by atoms with Crippen LogP contribution in [0.3, 0.4) is 0 Å². The summed E-state index contributed by atoms with van der Waals surface area (Å²) in [5.41, 5.74) is -0.365. The number of halogens is 1. The Labute approximate surface area is 99.6 Å². The Hall–Kier alpha value is -0.540. The second kappa shape index (κ2) is 4.99. The van der Waals surface area contributed by atoms with Crippen molar-refractivity contribution in [2.45, 2.75) is 38.1 Å². The van der Waals surface area contributed by atoms with Crippen molar-refractivity contribution in [3.05, 3.63) is 22.4 Å². The Morgan fingerprint density at radius 1 is 1.67 bits per heavy atom. The highest BCUT2D eigenvalue weighted by Gasteiger charge is 2.25. The minimum Gasteiger partial charge on any atom is -0.349 e. The van der Waals surface area contributed by atoms with Gasteiger partial charge in [-0.25, -0.2) is 0 Å². The van der Waals surface area contributed by atoms with Gasteiger partial charge >= 0.3 is 0 Å². The lowest BCUT2D eigenvalue weighted by Crippen LogP contribution is -2.49. The van der Waals surface area contributed by atoms with E-state index in [-0.39, 0.29) is 16.8 Å². The lowest BCUT2D eigenvalue weighted by atomic mass is 10.0. The van der Waals surface area contributed by atoms with Gasteiger partial charge < -0.3 is 5.32 Å². The highest BCUT2D eigenvalue weighted by atomic mass is 35.5. The smallest absolute Gasteiger partial charge is 0.225 e. The molecule has 1 unspecified atom stereocenters. The fraction of sp³-hybridized carbons (Fsp3) is 0.545. The first kappa shape index (κ1) is 12.5. The molecule has 0 saturated carbocycles. The van der Waals surface area contributed by atoms with Gasteiger partial charge in [0.05, 0.1) is 17.3 Å². The van der Waals surface area contributed by atoms with Crippen molar-refractivity contribution in [1.29, 1.82) is 0 Å². The van der Waals surface area contributed by atoms with Gasteiger partial charge in [-0.1, -0.05) is 6.07 Å². The molecule has 84 valence electrons. The molecule has 0 aliphatic heterocycles. The Kier molecular flexibility index (Phi) is 4.17. The molecule has 2 nitrogen and oxygen atoms in total. The summed E-state index contributed by atoms with van der Waals surface area (Å²) in [5, 5.41) is 4.81. The molecule has 0 aliphatic carbocycles. The largest absolute Gasteiger partial charge is 0.349 e. The van der Waals surface area contributed by atoms with Crippen LogP contribution in [-0.4, -0.2) is 16.8 Å². The molecule has 0 saturated heterocycles. The molecule has 1 aromatic rings. The third kappa shape index (κ3) is 3.84. The maximum atomic E-state index is 11.7. The van der Waals surface area contributed by atoms with Crippen LogP contribution in [0, 0.1) is 0 Å². The van der Waals surface area contributed by atoms with Crippen molar-refractivity contribution in [3.63, 3.8) is 0 Å². The number of nitrogens with one attached hydrogen (secondary N) is 1. The average Bonchev–Trinajstić information content (AvgIpc) is 2.54. The number of carbonyl (C=O) groups excluding carboxylic acids is 1. The minimum absolute atomic E-state index is 0.0231. The summed E-state index contributed by atoms with van der Waals surface area (Å²) in [6.45, 7) is 5.74. The second-order valence-electron chi connectivity index (χ2n) is 4.14. The van der Waals surface area contributed by atoms with Crippen LogP contribution >= 0.6 is 22.9 Å². The highest BCUT2D eigenvalue weighted by Crippen LogP contribution is 2.15. The standard InChI is InChI=1S/C11H16ClNOS/c1-8(12)11(2,3)13-10(14)7-9-5-4-6-15-9/h4-6,8H,7H2,1-3H3,(H,13,14). The summed E-state index contributed by atoms with van der Waals surface area (Å²) in [6.07, 6.45) is 0.435. The Balaban J connectivity index is 2.50. The molecular weight excluding hydrogens is 230 g/mol. The molecule has 15 heavy (non-hydrogen) atoms. The number of hydrogen-bond donors (Lipinski definition) is 1. The van der Waals surface area contributed by atoms with E-state index in [2.05, 4.69) is 5.32 Å². The van der Waals surface area contributed by atoms with E-state index in [0.29, 0.717) is 6.42 Å². The van der Waals surface area contributed by atoms with E-state index < -0.39 is 0 Å². The maximum Gasteiger partial charge on any atom is 0.225 e. The van der Waals surface area contributed by atoms with Crippen LogP contribution in [0.15, 0.2) is 17.5 Å². The van der Waals surface area contributed by atoms with Gasteiger partial charge in [0.1, 0.15) is 0 Å². The van der Waals surface area contributed by atoms with Crippen molar-refractivity contribution >= 4 is 28.8 Å². The summed E-state index contributed by atoms with van der Waals surface area (Å²) in [6, 6.07) is 3.91. The topological polar surface area (TPSA) is 29.1 Å².